The molecule has 3 aromatic carbocycles. The molecule has 0 aromatic heterocycles. The van der Waals surface area contributed by atoms with E-state index in [2.05, 4.69) is 26.7 Å². The Morgan fingerprint density at radius 1 is 1.03 bits per heavy atom. The van der Waals surface area contributed by atoms with E-state index in [1.54, 1.807) is 36.4 Å². The van der Waals surface area contributed by atoms with E-state index in [4.69, 9.17) is 14.2 Å². The molecular formula is C24H22BrN3O6. The van der Waals surface area contributed by atoms with E-state index in [0.29, 0.717) is 38.5 Å². The van der Waals surface area contributed by atoms with Crippen molar-refractivity contribution in [3.63, 3.8) is 0 Å². The van der Waals surface area contributed by atoms with Crippen molar-refractivity contribution in [2.45, 2.75) is 6.17 Å². The van der Waals surface area contributed by atoms with E-state index < -0.39 is 18.0 Å². The Hall–Kier alpha value is -3.92. The lowest BCUT2D eigenvalue weighted by molar-refractivity contribution is 0.0488. The van der Waals surface area contributed by atoms with Crippen LogP contribution in [0, 0.1) is 0 Å². The van der Waals surface area contributed by atoms with Crippen LogP contribution in [0.15, 0.2) is 59.1 Å². The highest BCUT2D eigenvalue weighted by Crippen LogP contribution is 2.39. The van der Waals surface area contributed by atoms with E-state index in [1.807, 2.05) is 0 Å². The summed E-state index contributed by atoms with van der Waals surface area (Å²) < 4.78 is 16.7. The van der Waals surface area contributed by atoms with E-state index in [1.165, 1.54) is 39.5 Å². The first kappa shape index (κ1) is 23.2. The van der Waals surface area contributed by atoms with Gasteiger partial charge in [-0.15, -0.1) is 0 Å². The third-order valence-electron chi connectivity index (χ3n) is 5.36. The number of carbonyl (C=O) groups is 2. The van der Waals surface area contributed by atoms with Gasteiger partial charge in [-0.2, -0.15) is 0 Å². The highest BCUT2D eigenvalue weighted by molar-refractivity contribution is 9.10. The summed E-state index contributed by atoms with van der Waals surface area (Å²) in [6.07, 6.45) is -0.883. The van der Waals surface area contributed by atoms with Crippen molar-refractivity contribution in [1.29, 1.82) is 0 Å². The third kappa shape index (κ3) is 4.19. The number of carbonyl (C=O) groups excluding carboxylic acids is 2. The number of ether oxygens (including phenoxy) is 3. The summed E-state index contributed by atoms with van der Waals surface area (Å²) in [7, 11) is 4.35. The monoisotopic (exact) mass is 527 g/mol. The number of benzene rings is 3. The van der Waals surface area contributed by atoms with Crippen LogP contribution in [0.5, 0.6) is 23.0 Å². The highest BCUT2D eigenvalue weighted by Gasteiger charge is 2.36. The number of fused-ring (bicyclic) bond motifs is 1. The number of aromatic hydroxyl groups is 1. The maximum atomic E-state index is 13.4. The fourth-order valence-corrected chi connectivity index (χ4v) is 4.10. The van der Waals surface area contributed by atoms with E-state index >= 15 is 0 Å². The fourth-order valence-electron chi connectivity index (χ4n) is 3.72. The quantitative estimate of drug-likeness (QED) is 0.442. The predicted octanol–water partition coefficient (Wildman–Crippen LogP) is 4.09. The second-order valence-electron chi connectivity index (χ2n) is 7.33. The maximum Gasteiger partial charge on any atom is 0.276 e. The van der Waals surface area contributed by atoms with Crippen molar-refractivity contribution in [2.75, 3.05) is 26.6 Å². The molecule has 3 N–H and O–H groups in total. The maximum absolute atomic E-state index is 13.4. The fraction of sp³-hybridized carbons (Fsp3) is 0.167. The Morgan fingerprint density at radius 2 is 1.71 bits per heavy atom. The summed E-state index contributed by atoms with van der Waals surface area (Å²) in [6, 6.07) is 14.8. The molecule has 0 bridgehead atoms. The Balaban J connectivity index is 1.75. The van der Waals surface area contributed by atoms with Crippen molar-refractivity contribution in [2.24, 2.45) is 0 Å². The first-order chi connectivity index (χ1) is 16.4. The number of amides is 2. The van der Waals surface area contributed by atoms with Crippen LogP contribution < -0.4 is 25.0 Å². The van der Waals surface area contributed by atoms with E-state index in [-0.39, 0.29) is 11.3 Å². The van der Waals surface area contributed by atoms with Crippen molar-refractivity contribution < 1.29 is 28.9 Å². The van der Waals surface area contributed by atoms with Gasteiger partial charge in [0.25, 0.3) is 11.8 Å². The van der Waals surface area contributed by atoms with Crippen LogP contribution in [-0.4, -0.2) is 43.3 Å². The number of nitrogens with one attached hydrogen (secondary N) is 2. The highest BCUT2D eigenvalue weighted by atomic mass is 79.9. The molecule has 10 heteroatoms. The van der Waals surface area contributed by atoms with Gasteiger partial charge in [-0.05, 0) is 42.5 Å². The third-order valence-corrected chi connectivity index (χ3v) is 5.85. The summed E-state index contributed by atoms with van der Waals surface area (Å²) in [5.74, 6) is -0.154. The molecule has 1 aliphatic rings. The van der Waals surface area contributed by atoms with Crippen LogP contribution in [0.2, 0.25) is 0 Å². The number of anilines is 1. The average Bonchev–Trinajstić information content (AvgIpc) is 2.86. The van der Waals surface area contributed by atoms with Gasteiger partial charge < -0.3 is 24.6 Å². The molecule has 2 amide bonds. The largest absolute Gasteiger partial charge is 0.508 e. The van der Waals surface area contributed by atoms with Crippen molar-refractivity contribution in [1.82, 2.24) is 10.4 Å². The van der Waals surface area contributed by atoms with Gasteiger partial charge in [0.2, 0.25) is 5.75 Å². The Kier molecular flexibility index (Phi) is 6.51. The van der Waals surface area contributed by atoms with Crippen LogP contribution >= 0.6 is 15.9 Å². The number of phenolic OH excluding ortho intramolecular Hbond substituents is 1. The minimum Gasteiger partial charge on any atom is -0.508 e. The first-order valence-corrected chi connectivity index (χ1v) is 11.0. The summed E-state index contributed by atoms with van der Waals surface area (Å²) in [6.45, 7) is 0. The van der Waals surface area contributed by atoms with Crippen molar-refractivity contribution in [3.8, 4) is 23.0 Å². The number of nitrogens with zero attached hydrogens (tertiary/aromatic N) is 1. The standard InChI is InChI=1S/C24H22BrN3O6/c1-32-19-10-13(11-20(33-2)21(19)34-3)23(30)27-28-22(16-12-14(25)8-9-18(16)29)26-17-7-5-4-6-15(17)24(28)31/h4-12,22,26,29H,1-3H3,(H,27,30)/t22-/m0/s1. The Labute approximate surface area is 204 Å². The molecule has 3 aromatic rings. The molecule has 0 saturated heterocycles. The first-order valence-electron chi connectivity index (χ1n) is 10.2. The van der Waals surface area contributed by atoms with Gasteiger partial charge in [-0.25, -0.2) is 5.01 Å². The number of hydrazine groups is 1. The van der Waals surface area contributed by atoms with Gasteiger partial charge >= 0.3 is 0 Å². The molecule has 0 aliphatic carbocycles. The lowest BCUT2D eigenvalue weighted by Gasteiger charge is -2.38. The summed E-state index contributed by atoms with van der Waals surface area (Å²) >= 11 is 3.39. The molecule has 0 spiro atoms. The van der Waals surface area contributed by atoms with Gasteiger partial charge in [0.15, 0.2) is 17.7 Å². The Morgan fingerprint density at radius 3 is 2.35 bits per heavy atom. The molecule has 4 rings (SSSR count). The molecule has 34 heavy (non-hydrogen) atoms. The summed E-state index contributed by atoms with van der Waals surface area (Å²) in [5.41, 5.74) is 4.19. The van der Waals surface area contributed by atoms with Crippen LogP contribution in [0.25, 0.3) is 0 Å². The summed E-state index contributed by atoms with van der Waals surface area (Å²) in [4.78, 5) is 26.7. The molecule has 0 unspecified atom stereocenters. The molecular weight excluding hydrogens is 506 g/mol. The zero-order chi connectivity index (χ0) is 24.4. The van der Waals surface area contributed by atoms with Crippen LogP contribution in [-0.2, 0) is 0 Å². The summed E-state index contributed by atoms with van der Waals surface area (Å²) in [5, 5.41) is 14.9. The number of phenols is 1. The minimum absolute atomic E-state index is 0.0417. The van der Waals surface area contributed by atoms with Gasteiger partial charge in [0, 0.05) is 21.3 Å². The number of para-hydroxylation sites is 1. The van der Waals surface area contributed by atoms with Crippen LogP contribution in [0.1, 0.15) is 32.4 Å². The van der Waals surface area contributed by atoms with Crippen LogP contribution in [0.4, 0.5) is 5.69 Å². The molecule has 176 valence electrons. The van der Waals surface area contributed by atoms with Crippen molar-refractivity contribution in [3.05, 3.63) is 75.8 Å². The van der Waals surface area contributed by atoms with Crippen molar-refractivity contribution >= 4 is 33.4 Å². The molecule has 0 fully saturated rings. The second kappa shape index (κ2) is 9.52. The second-order valence-corrected chi connectivity index (χ2v) is 8.24. The van der Waals surface area contributed by atoms with E-state index in [9.17, 15) is 14.7 Å². The lowest BCUT2D eigenvalue weighted by Crippen LogP contribution is -2.52. The zero-order valence-corrected chi connectivity index (χ0v) is 20.2. The van der Waals surface area contributed by atoms with Gasteiger partial charge in [0.05, 0.1) is 26.9 Å². The SMILES string of the molecule is COc1cc(C(=O)NN2C(=O)c3ccccc3N[C@@H]2c2cc(Br)ccc2O)cc(OC)c1OC. The average molecular weight is 528 g/mol. The van der Waals surface area contributed by atoms with Gasteiger partial charge in [-0.3, -0.25) is 15.0 Å². The van der Waals surface area contributed by atoms with Gasteiger partial charge in [0.1, 0.15) is 5.75 Å². The minimum atomic E-state index is -0.883. The molecule has 1 heterocycles. The number of rotatable bonds is 6. The molecule has 1 atom stereocenters. The normalized spacial score (nSPS) is 14.6. The zero-order valence-electron chi connectivity index (χ0n) is 18.6. The molecule has 9 nitrogen and oxygen atoms in total. The predicted molar refractivity (Wildman–Crippen MR) is 128 cm³/mol. The molecule has 1 aliphatic heterocycles. The lowest BCUT2D eigenvalue weighted by atomic mass is 10.0. The topological polar surface area (TPSA) is 109 Å². The van der Waals surface area contributed by atoms with Crippen LogP contribution in [0.3, 0.4) is 0 Å². The van der Waals surface area contributed by atoms with Gasteiger partial charge in [-0.1, -0.05) is 28.1 Å². The van der Waals surface area contributed by atoms with E-state index in [0.717, 1.165) is 5.01 Å². The Bertz CT molecular complexity index is 1240. The molecule has 0 saturated carbocycles. The number of hydrogen-bond acceptors (Lipinski definition) is 7. The number of methoxy groups -OCH3 is 3. The molecule has 0 radical (unpaired) electrons. The number of halogens is 1. The smallest absolute Gasteiger partial charge is 0.276 e. The number of hydrogen-bond donors (Lipinski definition) is 3.